The van der Waals surface area contributed by atoms with Gasteiger partial charge in [-0.2, -0.15) is 4.31 Å². The first-order valence-corrected chi connectivity index (χ1v) is 7.79. The molecule has 6 heteroatoms. The Labute approximate surface area is 104 Å². The van der Waals surface area contributed by atoms with E-state index in [9.17, 15) is 8.42 Å². The van der Waals surface area contributed by atoms with Gasteiger partial charge in [0, 0.05) is 19.7 Å². The maximum atomic E-state index is 12.0. The summed E-state index contributed by atoms with van der Waals surface area (Å²) in [7, 11) is -1.55. The molecule has 0 N–H and O–H groups in total. The number of hydrogen-bond acceptors (Lipinski definition) is 4. The molecule has 0 spiro atoms. The third kappa shape index (κ3) is 4.54. The van der Waals surface area contributed by atoms with Crippen LogP contribution in [-0.4, -0.2) is 58.0 Å². The molecule has 1 unspecified atom stereocenters. The standard InChI is InChI=1S/C11H23NO4S/c1-3-11-5-4-6-12(11)17(13,14)10-9-16-8-7-15-2/h11H,3-10H2,1-2H3. The Bertz CT molecular complexity index is 305. The van der Waals surface area contributed by atoms with Gasteiger partial charge >= 0.3 is 0 Å². The van der Waals surface area contributed by atoms with E-state index in [-0.39, 0.29) is 18.4 Å². The molecule has 1 atom stereocenters. The molecule has 1 saturated heterocycles. The van der Waals surface area contributed by atoms with Crippen LogP contribution in [0.1, 0.15) is 26.2 Å². The molecule has 0 amide bonds. The Morgan fingerprint density at radius 3 is 2.71 bits per heavy atom. The third-order valence-electron chi connectivity index (χ3n) is 3.07. The highest BCUT2D eigenvalue weighted by atomic mass is 32.2. The van der Waals surface area contributed by atoms with Crippen molar-refractivity contribution >= 4 is 10.0 Å². The molecular formula is C11H23NO4S. The quantitative estimate of drug-likeness (QED) is 0.611. The van der Waals surface area contributed by atoms with Crippen LogP contribution >= 0.6 is 0 Å². The number of sulfonamides is 1. The molecule has 102 valence electrons. The van der Waals surface area contributed by atoms with E-state index in [0.29, 0.717) is 19.8 Å². The Kier molecular flexibility index (Phi) is 6.40. The molecule has 0 aromatic rings. The Balaban J connectivity index is 2.35. The van der Waals surface area contributed by atoms with Crippen molar-refractivity contribution in [1.29, 1.82) is 0 Å². The maximum absolute atomic E-state index is 12.0. The van der Waals surface area contributed by atoms with E-state index in [1.165, 1.54) is 0 Å². The minimum atomic E-state index is -3.14. The van der Waals surface area contributed by atoms with Gasteiger partial charge in [-0.15, -0.1) is 0 Å². The fourth-order valence-electron chi connectivity index (χ4n) is 2.11. The molecule has 0 radical (unpaired) electrons. The zero-order chi connectivity index (χ0) is 12.7. The second kappa shape index (κ2) is 7.31. The first-order chi connectivity index (χ1) is 8.11. The Morgan fingerprint density at radius 1 is 1.29 bits per heavy atom. The zero-order valence-electron chi connectivity index (χ0n) is 10.7. The van der Waals surface area contributed by atoms with Crippen molar-refractivity contribution in [2.75, 3.05) is 39.2 Å². The maximum Gasteiger partial charge on any atom is 0.216 e. The van der Waals surface area contributed by atoms with Gasteiger partial charge in [-0.1, -0.05) is 6.92 Å². The van der Waals surface area contributed by atoms with Crippen molar-refractivity contribution in [2.24, 2.45) is 0 Å². The van der Waals surface area contributed by atoms with E-state index >= 15 is 0 Å². The molecule has 1 aliphatic heterocycles. The van der Waals surface area contributed by atoms with Gasteiger partial charge in [-0.25, -0.2) is 8.42 Å². The van der Waals surface area contributed by atoms with Gasteiger partial charge in [-0.3, -0.25) is 0 Å². The predicted molar refractivity (Wildman–Crippen MR) is 66.5 cm³/mol. The van der Waals surface area contributed by atoms with Crippen molar-refractivity contribution in [3.63, 3.8) is 0 Å². The Hall–Kier alpha value is -0.170. The number of hydrogen-bond donors (Lipinski definition) is 0. The molecular weight excluding hydrogens is 242 g/mol. The summed E-state index contributed by atoms with van der Waals surface area (Å²) in [6, 6.07) is 0.193. The molecule has 0 aliphatic carbocycles. The zero-order valence-corrected chi connectivity index (χ0v) is 11.5. The summed E-state index contributed by atoms with van der Waals surface area (Å²) in [6.07, 6.45) is 2.85. The highest BCUT2D eigenvalue weighted by Gasteiger charge is 2.32. The highest BCUT2D eigenvalue weighted by Crippen LogP contribution is 2.23. The summed E-state index contributed by atoms with van der Waals surface area (Å²) in [5, 5.41) is 0. The number of nitrogens with zero attached hydrogens (tertiary/aromatic N) is 1. The summed E-state index contributed by atoms with van der Waals surface area (Å²) < 4.78 is 35.8. The van der Waals surface area contributed by atoms with E-state index in [0.717, 1.165) is 19.3 Å². The molecule has 1 aliphatic rings. The number of methoxy groups -OCH3 is 1. The molecule has 0 saturated carbocycles. The van der Waals surface area contributed by atoms with Crippen LogP contribution in [0.25, 0.3) is 0 Å². The molecule has 1 heterocycles. The van der Waals surface area contributed by atoms with Gasteiger partial charge in [-0.05, 0) is 19.3 Å². The van der Waals surface area contributed by atoms with Crippen LogP contribution in [0.3, 0.4) is 0 Å². The summed E-state index contributed by atoms with van der Waals surface area (Å²) in [6.45, 7) is 3.90. The highest BCUT2D eigenvalue weighted by molar-refractivity contribution is 7.89. The molecule has 1 fully saturated rings. The lowest BCUT2D eigenvalue weighted by atomic mass is 10.2. The number of ether oxygens (including phenoxy) is 2. The first-order valence-electron chi connectivity index (χ1n) is 6.18. The molecule has 1 rings (SSSR count). The van der Waals surface area contributed by atoms with E-state index in [1.54, 1.807) is 11.4 Å². The fourth-order valence-corrected chi connectivity index (χ4v) is 3.79. The Morgan fingerprint density at radius 2 is 2.06 bits per heavy atom. The number of rotatable bonds is 8. The van der Waals surface area contributed by atoms with Gasteiger partial charge in [0.15, 0.2) is 0 Å². The SMILES string of the molecule is CCC1CCCN1S(=O)(=O)CCOCCOC. The molecule has 5 nitrogen and oxygen atoms in total. The minimum Gasteiger partial charge on any atom is -0.382 e. The molecule has 0 aromatic carbocycles. The van der Waals surface area contributed by atoms with E-state index in [4.69, 9.17) is 9.47 Å². The first kappa shape index (κ1) is 14.9. The van der Waals surface area contributed by atoms with Crippen LogP contribution in [0.2, 0.25) is 0 Å². The van der Waals surface area contributed by atoms with Gasteiger partial charge in [0.25, 0.3) is 0 Å². The van der Waals surface area contributed by atoms with Crippen LogP contribution in [0.4, 0.5) is 0 Å². The van der Waals surface area contributed by atoms with Gasteiger partial charge in [0.1, 0.15) is 0 Å². The molecule has 0 bridgehead atoms. The third-order valence-corrected chi connectivity index (χ3v) is 4.95. The van der Waals surface area contributed by atoms with Gasteiger partial charge in [0.05, 0.1) is 25.6 Å². The van der Waals surface area contributed by atoms with Crippen LogP contribution in [0, 0.1) is 0 Å². The summed E-state index contributed by atoms with van der Waals surface area (Å²) in [5.41, 5.74) is 0. The molecule has 17 heavy (non-hydrogen) atoms. The van der Waals surface area contributed by atoms with E-state index in [1.807, 2.05) is 6.92 Å². The molecule has 0 aromatic heterocycles. The lowest BCUT2D eigenvalue weighted by Gasteiger charge is -2.22. The largest absolute Gasteiger partial charge is 0.382 e. The predicted octanol–water partition coefficient (Wildman–Crippen LogP) is 0.854. The van der Waals surface area contributed by atoms with Crippen molar-refractivity contribution in [1.82, 2.24) is 4.31 Å². The van der Waals surface area contributed by atoms with Gasteiger partial charge in [0.2, 0.25) is 10.0 Å². The summed E-state index contributed by atoms with van der Waals surface area (Å²) >= 11 is 0. The fraction of sp³-hybridized carbons (Fsp3) is 1.00. The average molecular weight is 265 g/mol. The topological polar surface area (TPSA) is 55.8 Å². The van der Waals surface area contributed by atoms with Crippen LogP contribution in [-0.2, 0) is 19.5 Å². The average Bonchev–Trinajstić information content (AvgIpc) is 2.77. The normalized spacial score (nSPS) is 22.1. The minimum absolute atomic E-state index is 0.0766. The van der Waals surface area contributed by atoms with E-state index in [2.05, 4.69) is 0 Å². The second-order valence-corrected chi connectivity index (χ2v) is 6.28. The van der Waals surface area contributed by atoms with Crippen molar-refractivity contribution in [3.8, 4) is 0 Å². The van der Waals surface area contributed by atoms with Crippen LogP contribution in [0.15, 0.2) is 0 Å². The van der Waals surface area contributed by atoms with Crippen molar-refractivity contribution < 1.29 is 17.9 Å². The van der Waals surface area contributed by atoms with Crippen molar-refractivity contribution in [2.45, 2.75) is 32.2 Å². The van der Waals surface area contributed by atoms with Crippen LogP contribution in [0.5, 0.6) is 0 Å². The van der Waals surface area contributed by atoms with Crippen molar-refractivity contribution in [3.05, 3.63) is 0 Å². The van der Waals surface area contributed by atoms with Gasteiger partial charge < -0.3 is 9.47 Å². The second-order valence-electron chi connectivity index (χ2n) is 4.24. The monoisotopic (exact) mass is 265 g/mol. The smallest absolute Gasteiger partial charge is 0.216 e. The summed E-state index contributed by atoms with van der Waals surface area (Å²) in [5.74, 6) is 0.0766. The van der Waals surface area contributed by atoms with Crippen LogP contribution < -0.4 is 0 Å². The van der Waals surface area contributed by atoms with E-state index < -0.39 is 10.0 Å². The lowest BCUT2D eigenvalue weighted by molar-refractivity contribution is 0.0781. The summed E-state index contributed by atoms with van der Waals surface area (Å²) in [4.78, 5) is 0. The lowest BCUT2D eigenvalue weighted by Crippen LogP contribution is -2.37.